The van der Waals surface area contributed by atoms with Crippen LogP contribution in [0.3, 0.4) is 0 Å². The molecule has 4 N–H and O–H groups in total. The first-order valence-corrected chi connectivity index (χ1v) is 6.50. The summed E-state index contributed by atoms with van der Waals surface area (Å²) in [5, 5.41) is 3.45. The highest BCUT2D eigenvalue weighted by atomic mass is 16.7. The van der Waals surface area contributed by atoms with Gasteiger partial charge in [-0.25, -0.2) is 5.84 Å². The SMILES string of the molecule is CCOCC(CONN)(COC(C)C)NC(C)C. The van der Waals surface area contributed by atoms with Gasteiger partial charge >= 0.3 is 0 Å². The molecule has 0 saturated heterocycles. The Morgan fingerprint density at radius 2 is 1.78 bits per heavy atom. The molecule has 0 heterocycles. The molecular weight excluding hydrogens is 234 g/mol. The molecule has 0 aliphatic carbocycles. The summed E-state index contributed by atoms with van der Waals surface area (Å²) in [6.45, 7) is 12.2. The molecule has 110 valence electrons. The molecule has 6 heteroatoms. The number of hydrogen-bond donors (Lipinski definition) is 3. The van der Waals surface area contributed by atoms with Crippen molar-refractivity contribution in [1.82, 2.24) is 10.9 Å². The number of nitrogens with two attached hydrogens (primary N) is 1. The van der Waals surface area contributed by atoms with Crippen LogP contribution in [0.5, 0.6) is 0 Å². The van der Waals surface area contributed by atoms with Crippen molar-refractivity contribution >= 4 is 0 Å². The van der Waals surface area contributed by atoms with Gasteiger partial charge in [-0.05, 0) is 20.8 Å². The highest BCUT2D eigenvalue weighted by Gasteiger charge is 2.32. The molecular formula is C12H29N3O3. The topological polar surface area (TPSA) is 77.8 Å². The smallest absolute Gasteiger partial charge is 0.0925 e. The molecule has 0 spiro atoms. The van der Waals surface area contributed by atoms with Gasteiger partial charge in [-0.2, -0.15) is 0 Å². The first-order chi connectivity index (χ1) is 8.45. The second-order valence-corrected chi connectivity index (χ2v) is 4.98. The summed E-state index contributed by atoms with van der Waals surface area (Å²) >= 11 is 0. The second kappa shape index (κ2) is 9.66. The molecule has 0 aliphatic rings. The van der Waals surface area contributed by atoms with Crippen LogP contribution in [0.1, 0.15) is 34.6 Å². The monoisotopic (exact) mass is 263 g/mol. The van der Waals surface area contributed by atoms with E-state index in [-0.39, 0.29) is 6.10 Å². The van der Waals surface area contributed by atoms with Crippen molar-refractivity contribution in [3.05, 3.63) is 0 Å². The lowest BCUT2D eigenvalue weighted by Crippen LogP contribution is -2.59. The fourth-order valence-electron chi connectivity index (χ4n) is 1.67. The summed E-state index contributed by atoms with van der Waals surface area (Å²) in [5.74, 6) is 5.17. The van der Waals surface area contributed by atoms with Crippen LogP contribution < -0.4 is 16.7 Å². The second-order valence-electron chi connectivity index (χ2n) is 4.98. The first kappa shape index (κ1) is 17.8. The van der Waals surface area contributed by atoms with Gasteiger partial charge in [0.2, 0.25) is 0 Å². The number of hydrogen-bond acceptors (Lipinski definition) is 6. The third-order valence-corrected chi connectivity index (χ3v) is 2.30. The Hall–Kier alpha value is -0.240. The summed E-state index contributed by atoms with van der Waals surface area (Å²) in [7, 11) is 0. The normalized spacial score (nSPS) is 15.3. The van der Waals surface area contributed by atoms with Gasteiger partial charge in [0.1, 0.15) is 0 Å². The Labute approximate surface area is 110 Å². The molecule has 1 atom stereocenters. The minimum atomic E-state index is -0.402. The van der Waals surface area contributed by atoms with E-state index in [2.05, 4.69) is 24.8 Å². The summed E-state index contributed by atoms with van der Waals surface area (Å²) in [5.41, 5.74) is 1.81. The maximum Gasteiger partial charge on any atom is 0.0925 e. The minimum absolute atomic E-state index is 0.158. The lowest BCUT2D eigenvalue weighted by atomic mass is 10.0. The van der Waals surface area contributed by atoms with Crippen molar-refractivity contribution in [3.63, 3.8) is 0 Å². The molecule has 0 fully saturated rings. The Morgan fingerprint density at radius 1 is 1.11 bits per heavy atom. The molecule has 18 heavy (non-hydrogen) atoms. The molecule has 0 aromatic heterocycles. The zero-order valence-electron chi connectivity index (χ0n) is 12.3. The van der Waals surface area contributed by atoms with Crippen LogP contribution in [-0.2, 0) is 14.3 Å². The van der Waals surface area contributed by atoms with E-state index >= 15 is 0 Å². The number of hydrazine groups is 1. The van der Waals surface area contributed by atoms with Gasteiger partial charge in [-0.3, -0.25) is 4.84 Å². The van der Waals surface area contributed by atoms with E-state index in [0.29, 0.717) is 32.5 Å². The Morgan fingerprint density at radius 3 is 2.22 bits per heavy atom. The van der Waals surface area contributed by atoms with Crippen molar-refractivity contribution in [3.8, 4) is 0 Å². The van der Waals surface area contributed by atoms with Gasteiger partial charge in [-0.1, -0.05) is 13.8 Å². The molecule has 0 amide bonds. The van der Waals surface area contributed by atoms with E-state index in [1.165, 1.54) is 0 Å². The largest absolute Gasteiger partial charge is 0.380 e. The van der Waals surface area contributed by atoms with Crippen LogP contribution in [-0.4, -0.2) is 44.1 Å². The zero-order chi connectivity index (χ0) is 14.0. The average Bonchev–Trinajstić information content (AvgIpc) is 2.30. The summed E-state index contributed by atoms with van der Waals surface area (Å²) in [4.78, 5) is 5.13. The molecule has 0 saturated carbocycles. The van der Waals surface area contributed by atoms with Gasteiger partial charge in [0.25, 0.3) is 0 Å². The standard InChI is InChI=1S/C12H29N3O3/c1-6-16-7-12(9-18-15-13,14-10(2)3)8-17-11(4)5/h10-11,14-15H,6-9,13H2,1-5H3. The molecule has 0 aliphatic heterocycles. The van der Waals surface area contributed by atoms with Crippen molar-refractivity contribution in [2.75, 3.05) is 26.4 Å². The molecule has 6 nitrogen and oxygen atoms in total. The van der Waals surface area contributed by atoms with Crippen LogP contribution >= 0.6 is 0 Å². The van der Waals surface area contributed by atoms with Crippen LogP contribution in [0.15, 0.2) is 0 Å². The van der Waals surface area contributed by atoms with E-state index in [1.54, 1.807) is 0 Å². The summed E-state index contributed by atoms with van der Waals surface area (Å²) in [6.07, 6.45) is 0.158. The van der Waals surface area contributed by atoms with Crippen molar-refractivity contribution < 1.29 is 14.3 Å². The van der Waals surface area contributed by atoms with E-state index in [0.717, 1.165) is 0 Å². The van der Waals surface area contributed by atoms with Gasteiger partial charge in [-0.15, -0.1) is 5.59 Å². The van der Waals surface area contributed by atoms with Crippen molar-refractivity contribution in [2.45, 2.75) is 52.3 Å². The van der Waals surface area contributed by atoms with Crippen LogP contribution in [0.2, 0.25) is 0 Å². The molecule has 0 bridgehead atoms. The lowest BCUT2D eigenvalue weighted by Gasteiger charge is -2.36. The van der Waals surface area contributed by atoms with Gasteiger partial charge in [0, 0.05) is 12.6 Å². The van der Waals surface area contributed by atoms with E-state index < -0.39 is 5.54 Å². The summed E-state index contributed by atoms with van der Waals surface area (Å²) in [6, 6.07) is 0.294. The highest BCUT2D eigenvalue weighted by molar-refractivity contribution is 4.89. The van der Waals surface area contributed by atoms with Crippen molar-refractivity contribution in [1.29, 1.82) is 0 Å². The maximum absolute atomic E-state index is 5.71. The predicted molar refractivity (Wildman–Crippen MR) is 71.9 cm³/mol. The third-order valence-electron chi connectivity index (χ3n) is 2.30. The number of nitrogens with one attached hydrogen (secondary N) is 2. The lowest BCUT2D eigenvalue weighted by molar-refractivity contribution is -0.0770. The van der Waals surface area contributed by atoms with Gasteiger partial charge < -0.3 is 14.8 Å². The first-order valence-electron chi connectivity index (χ1n) is 6.50. The number of ether oxygens (including phenoxy) is 2. The molecule has 0 radical (unpaired) electrons. The fraction of sp³-hybridized carbons (Fsp3) is 1.00. The predicted octanol–water partition coefficient (Wildman–Crippen LogP) is 0.580. The average molecular weight is 263 g/mol. The Balaban J connectivity index is 4.62. The van der Waals surface area contributed by atoms with Crippen LogP contribution in [0.4, 0.5) is 0 Å². The quantitative estimate of drug-likeness (QED) is 0.374. The van der Waals surface area contributed by atoms with Gasteiger partial charge in [0.05, 0.1) is 31.5 Å². The highest BCUT2D eigenvalue weighted by Crippen LogP contribution is 2.11. The van der Waals surface area contributed by atoms with E-state index in [1.807, 2.05) is 20.8 Å². The van der Waals surface area contributed by atoms with Gasteiger partial charge in [0.15, 0.2) is 0 Å². The third kappa shape index (κ3) is 7.97. The molecule has 0 rings (SSSR count). The maximum atomic E-state index is 5.71. The van der Waals surface area contributed by atoms with E-state index in [9.17, 15) is 0 Å². The van der Waals surface area contributed by atoms with E-state index in [4.69, 9.17) is 20.2 Å². The zero-order valence-corrected chi connectivity index (χ0v) is 12.3. The van der Waals surface area contributed by atoms with Crippen molar-refractivity contribution in [2.24, 2.45) is 5.84 Å². The minimum Gasteiger partial charge on any atom is -0.380 e. The van der Waals surface area contributed by atoms with Crippen LogP contribution in [0.25, 0.3) is 0 Å². The molecule has 1 unspecified atom stereocenters. The number of rotatable bonds is 11. The van der Waals surface area contributed by atoms with Crippen LogP contribution in [0, 0.1) is 0 Å². The molecule has 0 aromatic rings. The Bertz CT molecular complexity index is 193. The summed E-state index contributed by atoms with van der Waals surface area (Å²) < 4.78 is 11.2. The fourth-order valence-corrected chi connectivity index (χ4v) is 1.67. The Kier molecular flexibility index (Phi) is 9.53. The molecule has 0 aromatic carbocycles.